The van der Waals surface area contributed by atoms with Crippen molar-refractivity contribution in [3.05, 3.63) is 35.9 Å². The zero-order valence-electron chi connectivity index (χ0n) is 8.15. The lowest BCUT2D eigenvalue weighted by molar-refractivity contribution is -0.126. The monoisotopic (exact) mass is 189 g/mol. The molecule has 0 heterocycles. The van der Waals surface area contributed by atoms with Crippen LogP contribution in [0.15, 0.2) is 30.3 Å². The predicted octanol–water partition coefficient (Wildman–Crippen LogP) is 2.06. The van der Waals surface area contributed by atoms with Crippen LogP contribution in [0.3, 0.4) is 0 Å². The summed E-state index contributed by atoms with van der Waals surface area (Å²) in [5, 5.41) is 0. The van der Waals surface area contributed by atoms with Crippen molar-refractivity contribution >= 4 is 5.78 Å². The van der Waals surface area contributed by atoms with Gasteiger partial charge in [-0.15, -0.1) is 0 Å². The molecule has 2 N–H and O–H groups in total. The van der Waals surface area contributed by atoms with E-state index in [1.165, 1.54) is 6.42 Å². The van der Waals surface area contributed by atoms with Crippen LogP contribution in [0.25, 0.3) is 0 Å². The van der Waals surface area contributed by atoms with Gasteiger partial charge < -0.3 is 5.73 Å². The van der Waals surface area contributed by atoms with Crippen LogP contribution in [0.5, 0.6) is 0 Å². The Kier molecular flexibility index (Phi) is 2.64. The molecule has 0 radical (unpaired) electrons. The molecule has 2 heteroatoms. The summed E-state index contributed by atoms with van der Waals surface area (Å²) >= 11 is 0. The molecule has 1 fully saturated rings. The molecule has 1 aromatic carbocycles. The number of hydrogen-bond acceptors (Lipinski definition) is 2. The maximum Gasteiger partial charge on any atom is 0.157 e. The zero-order chi connectivity index (χ0) is 9.97. The molecule has 2 nitrogen and oxygen atoms in total. The van der Waals surface area contributed by atoms with Gasteiger partial charge in [0.05, 0.1) is 6.04 Å². The van der Waals surface area contributed by atoms with Gasteiger partial charge in [-0.05, 0) is 18.4 Å². The van der Waals surface area contributed by atoms with Crippen LogP contribution in [-0.2, 0) is 4.79 Å². The fourth-order valence-corrected chi connectivity index (χ4v) is 1.77. The molecule has 0 unspecified atom stereocenters. The van der Waals surface area contributed by atoms with Gasteiger partial charge in [0.1, 0.15) is 0 Å². The van der Waals surface area contributed by atoms with E-state index in [1.807, 2.05) is 30.3 Å². The van der Waals surface area contributed by atoms with Gasteiger partial charge in [0.25, 0.3) is 0 Å². The quantitative estimate of drug-likeness (QED) is 0.790. The van der Waals surface area contributed by atoms with Crippen LogP contribution in [-0.4, -0.2) is 5.78 Å². The Labute approximate surface area is 84.1 Å². The van der Waals surface area contributed by atoms with Crippen LogP contribution < -0.4 is 5.73 Å². The van der Waals surface area contributed by atoms with Crippen molar-refractivity contribution in [2.45, 2.75) is 25.3 Å². The molecule has 1 aliphatic rings. The van der Waals surface area contributed by atoms with Crippen molar-refractivity contribution < 1.29 is 4.79 Å². The predicted molar refractivity (Wildman–Crippen MR) is 55.7 cm³/mol. The first-order chi connectivity index (χ1) is 6.79. The lowest BCUT2D eigenvalue weighted by Gasteiger charge is -2.26. The van der Waals surface area contributed by atoms with E-state index in [9.17, 15) is 4.79 Å². The standard InChI is InChI=1S/C12H15NO/c13-11(9-5-2-1-3-6-9)12(14)10-7-4-8-10/h1-3,5-6,10-11H,4,7-8,13H2/t11-/m1/s1. The molecule has 1 aromatic rings. The number of carbonyl (C=O) groups excluding carboxylic acids is 1. The van der Waals surface area contributed by atoms with E-state index < -0.39 is 6.04 Å². The summed E-state index contributed by atoms with van der Waals surface area (Å²) in [5.41, 5.74) is 6.83. The third-order valence-corrected chi connectivity index (χ3v) is 2.97. The van der Waals surface area contributed by atoms with E-state index in [-0.39, 0.29) is 11.7 Å². The van der Waals surface area contributed by atoms with Crippen LogP contribution in [0.2, 0.25) is 0 Å². The van der Waals surface area contributed by atoms with Crippen molar-refractivity contribution in [2.75, 3.05) is 0 Å². The zero-order valence-corrected chi connectivity index (χ0v) is 8.15. The molecule has 1 aliphatic carbocycles. The third kappa shape index (κ3) is 1.70. The molecule has 0 saturated heterocycles. The van der Waals surface area contributed by atoms with Crippen LogP contribution >= 0.6 is 0 Å². The number of Topliss-reactive ketones (excluding diaryl/α,β-unsaturated/α-hetero) is 1. The highest BCUT2D eigenvalue weighted by atomic mass is 16.1. The van der Waals surface area contributed by atoms with Gasteiger partial charge in [-0.3, -0.25) is 4.79 Å². The van der Waals surface area contributed by atoms with Crippen molar-refractivity contribution in [1.29, 1.82) is 0 Å². The van der Waals surface area contributed by atoms with E-state index in [4.69, 9.17) is 5.73 Å². The minimum atomic E-state index is -0.415. The molecule has 1 saturated carbocycles. The molecule has 14 heavy (non-hydrogen) atoms. The summed E-state index contributed by atoms with van der Waals surface area (Å²) in [6, 6.07) is 9.19. The second-order valence-corrected chi connectivity index (χ2v) is 3.92. The first kappa shape index (κ1) is 9.41. The lowest BCUT2D eigenvalue weighted by Crippen LogP contribution is -2.31. The van der Waals surface area contributed by atoms with Gasteiger partial charge in [0, 0.05) is 5.92 Å². The SMILES string of the molecule is N[C@@H](C(=O)C1CCC1)c1ccccc1. The molecule has 0 aliphatic heterocycles. The lowest BCUT2D eigenvalue weighted by atomic mass is 9.79. The summed E-state index contributed by atoms with van der Waals surface area (Å²) < 4.78 is 0. The largest absolute Gasteiger partial charge is 0.318 e. The molecular weight excluding hydrogens is 174 g/mol. The maximum atomic E-state index is 11.8. The second kappa shape index (κ2) is 3.93. The Morgan fingerprint density at radius 1 is 1.29 bits per heavy atom. The molecule has 0 bridgehead atoms. The fourth-order valence-electron chi connectivity index (χ4n) is 1.77. The Morgan fingerprint density at radius 3 is 2.43 bits per heavy atom. The molecule has 0 amide bonds. The Morgan fingerprint density at radius 2 is 1.93 bits per heavy atom. The van der Waals surface area contributed by atoms with Crippen molar-refractivity contribution in [3.8, 4) is 0 Å². The molecule has 74 valence electrons. The van der Waals surface area contributed by atoms with Crippen molar-refractivity contribution in [3.63, 3.8) is 0 Å². The Balaban J connectivity index is 2.07. The van der Waals surface area contributed by atoms with E-state index in [2.05, 4.69) is 0 Å². The van der Waals surface area contributed by atoms with Crippen LogP contribution in [0.4, 0.5) is 0 Å². The molecular formula is C12H15NO. The summed E-state index contributed by atoms with van der Waals surface area (Å²) in [5.74, 6) is 0.438. The van der Waals surface area contributed by atoms with Crippen molar-refractivity contribution in [2.24, 2.45) is 11.7 Å². The van der Waals surface area contributed by atoms with E-state index in [0.29, 0.717) is 0 Å². The van der Waals surface area contributed by atoms with Crippen molar-refractivity contribution in [1.82, 2.24) is 0 Å². The summed E-state index contributed by atoms with van der Waals surface area (Å²) in [7, 11) is 0. The number of rotatable bonds is 3. The maximum absolute atomic E-state index is 11.8. The number of nitrogens with two attached hydrogens (primary N) is 1. The smallest absolute Gasteiger partial charge is 0.157 e. The first-order valence-electron chi connectivity index (χ1n) is 5.13. The first-order valence-corrected chi connectivity index (χ1v) is 5.13. The second-order valence-electron chi connectivity index (χ2n) is 3.92. The average Bonchev–Trinajstić information content (AvgIpc) is 2.15. The Bertz CT molecular complexity index is 316. The minimum Gasteiger partial charge on any atom is -0.318 e. The average molecular weight is 189 g/mol. The van der Waals surface area contributed by atoms with Gasteiger partial charge in [0.15, 0.2) is 5.78 Å². The number of carbonyl (C=O) groups is 1. The number of hydrogen-bond donors (Lipinski definition) is 1. The number of ketones is 1. The molecule has 0 aromatic heterocycles. The molecule has 2 rings (SSSR count). The van der Waals surface area contributed by atoms with Crippen LogP contribution in [0.1, 0.15) is 30.9 Å². The summed E-state index contributed by atoms with van der Waals surface area (Å²) in [4.78, 5) is 11.8. The summed E-state index contributed by atoms with van der Waals surface area (Å²) in [6.45, 7) is 0. The van der Waals surface area contributed by atoms with Crippen LogP contribution in [0, 0.1) is 5.92 Å². The van der Waals surface area contributed by atoms with E-state index in [0.717, 1.165) is 18.4 Å². The highest BCUT2D eigenvalue weighted by Crippen LogP contribution is 2.30. The van der Waals surface area contributed by atoms with Gasteiger partial charge in [0.2, 0.25) is 0 Å². The minimum absolute atomic E-state index is 0.211. The van der Waals surface area contributed by atoms with Gasteiger partial charge in [-0.1, -0.05) is 36.8 Å². The van der Waals surface area contributed by atoms with E-state index >= 15 is 0 Å². The fraction of sp³-hybridized carbons (Fsp3) is 0.417. The third-order valence-electron chi connectivity index (χ3n) is 2.97. The molecule has 1 atom stereocenters. The van der Waals surface area contributed by atoms with Gasteiger partial charge in [-0.25, -0.2) is 0 Å². The van der Waals surface area contributed by atoms with E-state index in [1.54, 1.807) is 0 Å². The normalized spacial score (nSPS) is 18.6. The summed E-state index contributed by atoms with van der Waals surface area (Å²) in [6.07, 6.45) is 3.23. The molecule has 0 spiro atoms. The Hall–Kier alpha value is -1.15. The highest BCUT2D eigenvalue weighted by Gasteiger charge is 2.29. The highest BCUT2D eigenvalue weighted by molar-refractivity contribution is 5.87. The number of benzene rings is 1. The van der Waals surface area contributed by atoms with Gasteiger partial charge in [-0.2, -0.15) is 0 Å². The van der Waals surface area contributed by atoms with Gasteiger partial charge >= 0.3 is 0 Å². The topological polar surface area (TPSA) is 43.1 Å².